The molecule has 0 aromatic carbocycles. The summed E-state index contributed by atoms with van der Waals surface area (Å²) in [6, 6.07) is 2.89. The standard InChI is InChI=1S/C8H8Cl2N2O3/c9-5-1-2-6(10)11-7(5)12(3-4-13)8(14)15/h1-2,13H,3-4H2,(H,14,15). The summed E-state index contributed by atoms with van der Waals surface area (Å²) in [4.78, 5) is 15.4. The molecule has 1 rings (SSSR count). The first kappa shape index (κ1) is 12.0. The van der Waals surface area contributed by atoms with Gasteiger partial charge in [0.1, 0.15) is 5.15 Å². The number of amides is 1. The summed E-state index contributed by atoms with van der Waals surface area (Å²) in [5.41, 5.74) is 0. The van der Waals surface area contributed by atoms with Gasteiger partial charge in [0.2, 0.25) is 0 Å². The van der Waals surface area contributed by atoms with E-state index in [1.165, 1.54) is 12.1 Å². The van der Waals surface area contributed by atoms with Gasteiger partial charge in [-0.1, -0.05) is 23.2 Å². The zero-order chi connectivity index (χ0) is 11.4. The molecule has 0 aliphatic heterocycles. The van der Waals surface area contributed by atoms with Crippen LogP contribution in [0.3, 0.4) is 0 Å². The van der Waals surface area contributed by atoms with E-state index in [1.807, 2.05) is 0 Å². The molecule has 0 radical (unpaired) electrons. The molecule has 1 heterocycles. The third-order valence-corrected chi connectivity index (χ3v) is 2.11. The van der Waals surface area contributed by atoms with Crippen LogP contribution in [-0.4, -0.2) is 34.4 Å². The molecule has 0 atom stereocenters. The van der Waals surface area contributed by atoms with Crippen molar-refractivity contribution in [1.82, 2.24) is 4.98 Å². The van der Waals surface area contributed by atoms with Gasteiger partial charge in [-0.15, -0.1) is 0 Å². The Bertz CT molecular complexity index is 373. The number of rotatable bonds is 3. The molecule has 0 aliphatic rings. The highest BCUT2D eigenvalue weighted by atomic mass is 35.5. The van der Waals surface area contributed by atoms with Crippen molar-refractivity contribution in [3.63, 3.8) is 0 Å². The Balaban J connectivity index is 3.09. The van der Waals surface area contributed by atoms with Crippen LogP contribution in [0.4, 0.5) is 10.6 Å². The first-order valence-electron chi connectivity index (χ1n) is 3.99. The maximum atomic E-state index is 10.8. The second kappa shape index (κ2) is 5.16. The molecule has 82 valence electrons. The van der Waals surface area contributed by atoms with E-state index in [9.17, 15) is 4.79 Å². The van der Waals surface area contributed by atoms with E-state index in [0.717, 1.165) is 4.90 Å². The Morgan fingerprint density at radius 1 is 1.47 bits per heavy atom. The van der Waals surface area contributed by atoms with E-state index in [1.54, 1.807) is 0 Å². The molecule has 0 fully saturated rings. The molecule has 0 saturated heterocycles. The predicted molar refractivity (Wildman–Crippen MR) is 56.7 cm³/mol. The Morgan fingerprint density at radius 2 is 2.13 bits per heavy atom. The van der Waals surface area contributed by atoms with Gasteiger partial charge < -0.3 is 10.2 Å². The summed E-state index contributed by atoms with van der Waals surface area (Å²) >= 11 is 11.4. The molecular weight excluding hydrogens is 243 g/mol. The van der Waals surface area contributed by atoms with Gasteiger partial charge in [0.05, 0.1) is 18.2 Å². The highest BCUT2D eigenvalue weighted by molar-refractivity contribution is 6.34. The maximum Gasteiger partial charge on any atom is 0.413 e. The van der Waals surface area contributed by atoms with Crippen LogP contribution in [0, 0.1) is 0 Å². The molecule has 0 aliphatic carbocycles. The topological polar surface area (TPSA) is 73.7 Å². The first-order chi connectivity index (χ1) is 7.06. The summed E-state index contributed by atoms with van der Waals surface area (Å²) in [6.07, 6.45) is -1.25. The van der Waals surface area contributed by atoms with E-state index in [4.69, 9.17) is 33.4 Å². The molecule has 0 spiro atoms. The van der Waals surface area contributed by atoms with E-state index < -0.39 is 6.09 Å². The highest BCUT2D eigenvalue weighted by Crippen LogP contribution is 2.25. The molecule has 2 N–H and O–H groups in total. The summed E-state index contributed by atoms with van der Waals surface area (Å²) in [6.45, 7) is -0.431. The fraction of sp³-hybridized carbons (Fsp3) is 0.250. The normalized spacial score (nSPS) is 10.1. The minimum absolute atomic E-state index is 0.0192. The lowest BCUT2D eigenvalue weighted by atomic mass is 10.4. The molecule has 0 saturated carbocycles. The number of aliphatic hydroxyl groups excluding tert-OH is 1. The lowest BCUT2D eigenvalue weighted by molar-refractivity contribution is 0.198. The molecule has 0 unspecified atom stereocenters. The average Bonchev–Trinajstić information content (AvgIpc) is 2.18. The molecule has 7 heteroatoms. The van der Waals surface area contributed by atoms with E-state index >= 15 is 0 Å². The number of carbonyl (C=O) groups is 1. The quantitative estimate of drug-likeness (QED) is 0.804. The van der Waals surface area contributed by atoms with Crippen molar-refractivity contribution in [2.45, 2.75) is 0 Å². The number of pyridine rings is 1. The SMILES string of the molecule is O=C(O)N(CCO)c1nc(Cl)ccc1Cl. The second-order valence-electron chi connectivity index (χ2n) is 2.60. The van der Waals surface area contributed by atoms with Gasteiger partial charge in [-0.2, -0.15) is 0 Å². The van der Waals surface area contributed by atoms with E-state index in [2.05, 4.69) is 4.98 Å². The monoisotopic (exact) mass is 250 g/mol. The van der Waals surface area contributed by atoms with Crippen LogP contribution in [0.2, 0.25) is 10.2 Å². The smallest absolute Gasteiger partial charge is 0.413 e. The minimum Gasteiger partial charge on any atom is -0.465 e. The molecule has 1 aromatic heterocycles. The number of hydrogen-bond acceptors (Lipinski definition) is 3. The van der Waals surface area contributed by atoms with Crippen molar-refractivity contribution in [3.8, 4) is 0 Å². The number of aromatic nitrogens is 1. The number of halogens is 2. The van der Waals surface area contributed by atoms with Crippen LogP contribution in [0.1, 0.15) is 0 Å². The van der Waals surface area contributed by atoms with Crippen molar-refractivity contribution in [1.29, 1.82) is 0 Å². The maximum absolute atomic E-state index is 10.8. The second-order valence-corrected chi connectivity index (χ2v) is 3.39. The number of hydrogen-bond donors (Lipinski definition) is 2. The largest absolute Gasteiger partial charge is 0.465 e. The highest BCUT2D eigenvalue weighted by Gasteiger charge is 2.18. The van der Waals surface area contributed by atoms with Gasteiger partial charge >= 0.3 is 6.09 Å². The summed E-state index contributed by atoms with van der Waals surface area (Å²) < 4.78 is 0. The van der Waals surface area contributed by atoms with Gasteiger partial charge in [0.15, 0.2) is 5.82 Å². The zero-order valence-corrected chi connectivity index (χ0v) is 9.03. The van der Waals surface area contributed by atoms with Crippen LogP contribution in [0.25, 0.3) is 0 Å². The molecular formula is C8H8Cl2N2O3. The average molecular weight is 251 g/mol. The molecule has 1 amide bonds. The third kappa shape index (κ3) is 2.95. The van der Waals surface area contributed by atoms with Crippen LogP contribution in [0.5, 0.6) is 0 Å². The predicted octanol–water partition coefficient (Wildman–Crippen LogP) is 1.87. The third-order valence-electron chi connectivity index (χ3n) is 1.60. The van der Waals surface area contributed by atoms with Crippen molar-refractivity contribution in [2.24, 2.45) is 0 Å². The van der Waals surface area contributed by atoms with Gasteiger partial charge in [-0.3, -0.25) is 4.90 Å². The van der Waals surface area contributed by atoms with Crippen LogP contribution in [-0.2, 0) is 0 Å². The first-order valence-corrected chi connectivity index (χ1v) is 4.75. The lowest BCUT2D eigenvalue weighted by Crippen LogP contribution is -2.33. The molecule has 1 aromatic rings. The zero-order valence-electron chi connectivity index (χ0n) is 7.52. The summed E-state index contributed by atoms with van der Waals surface area (Å²) in [5, 5.41) is 17.8. The Labute approximate surface area is 95.9 Å². The fourth-order valence-corrected chi connectivity index (χ4v) is 1.34. The molecule has 15 heavy (non-hydrogen) atoms. The molecule has 5 nitrogen and oxygen atoms in total. The van der Waals surface area contributed by atoms with Gasteiger partial charge in [0, 0.05) is 0 Å². The number of anilines is 1. The van der Waals surface area contributed by atoms with Gasteiger partial charge in [-0.05, 0) is 12.1 Å². The lowest BCUT2D eigenvalue weighted by Gasteiger charge is -2.17. The van der Waals surface area contributed by atoms with Gasteiger partial charge in [-0.25, -0.2) is 9.78 Å². The van der Waals surface area contributed by atoms with Crippen LogP contribution >= 0.6 is 23.2 Å². The Morgan fingerprint density at radius 3 is 2.67 bits per heavy atom. The van der Waals surface area contributed by atoms with Crippen molar-refractivity contribution in [2.75, 3.05) is 18.1 Å². The van der Waals surface area contributed by atoms with Crippen molar-refractivity contribution < 1.29 is 15.0 Å². The van der Waals surface area contributed by atoms with Crippen LogP contribution < -0.4 is 4.90 Å². The van der Waals surface area contributed by atoms with Gasteiger partial charge in [0.25, 0.3) is 0 Å². The summed E-state index contributed by atoms with van der Waals surface area (Å²) in [5.74, 6) is 0.0192. The number of aliphatic hydroxyl groups is 1. The summed E-state index contributed by atoms with van der Waals surface area (Å²) in [7, 11) is 0. The minimum atomic E-state index is -1.25. The Kier molecular flexibility index (Phi) is 4.14. The van der Waals surface area contributed by atoms with Crippen molar-refractivity contribution >= 4 is 35.1 Å². The van der Waals surface area contributed by atoms with E-state index in [-0.39, 0.29) is 29.1 Å². The van der Waals surface area contributed by atoms with Crippen molar-refractivity contribution in [3.05, 3.63) is 22.3 Å². The number of nitrogens with zero attached hydrogens (tertiary/aromatic N) is 2. The van der Waals surface area contributed by atoms with Crippen LogP contribution in [0.15, 0.2) is 12.1 Å². The fourth-order valence-electron chi connectivity index (χ4n) is 0.990. The number of carboxylic acid groups (broad SMARTS) is 1. The molecule has 0 bridgehead atoms. The van der Waals surface area contributed by atoms with E-state index in [0.29, 0.717) is 0 Å². The Hall–Kier alpha value is -1.04.